The molecule has 0 aliphatic heterocycles. The Hall–Kier alpha value is -4.19. The van der Waals surface area contributed by atoms with Gasteiger partial charge < -0.3 is 14.2 Å². The molecule has 1 N–H and O–H groups in total. The Morgan fingerprint density at radius 1 is 1.03 bits per heavy atom. The van der Waals surface area contributed by atoms with Gasteiger partial charge in [0.15, 0.2) is 0 Å². The van der Waals surface area contributed by atoms with E-state index < -0.39 is 5.97 Å². The standard InChI is InChI=1S/C26H21N3O3/c1-16-25(17(2)32-28-16)20-10-11-22-23(18-6-8-19(9-7-18)26(30)31)15-29(24(22)13-20)14-21-5-3-4-12-27-21/h3-13,15H,14H2,1-2H3,(H,30,31). The van der Waals surface area contributed by atoms with Crippen molar-refractivity contribution in [1.82, 2.24) is 14.7 Å². The molecule has 5 aromatic rings. The number of carbonyl (C=O) groups is 1. The molecule has 0 atom stereocenters. The fourth-order valence-corrected chi connectivity index (χ4v) is 4.16. The van der Waals surface area contributed by atoms with Crippen LogP contribution in [0.3, 0.4) is 0 Å². The van der Waals surface area contributed by atoms with E-state index in [0.717, 1.165) is 50.3 Å². The molecule has 0 radical (unpaired) electrons. The zero-order chi connectivity index (χ0) is 22.2. The van der Waals surface area contributed by atoms with Crippen LogP contribution in [0.4, 0.5) is 0 Å². The topological polar surface area (TPSA) is 81.1 Å². The van der Waals surface area contributed by atoms with Gasteiger partial charge in [-0.15, -0.1) is 0 Å². The van der Waals surface area contributed by atoms with E-state index in [1.807, 2.05) is 44.2 Å². The van der Waals surface area contributed by atoms with Crippen LogP contribution in [0.5, 0.6) is 0 Å². The van der Waals surface area contributed by atoms with Crippen molar-refractivity contribution < 1.29 is 14.4 Å². The summed E-state index contributed by atoms with van der Waals surface area (Å²) in [5.74, 6) is -0.146. The Morgan fingerprint density at radius 3 is 2.47 bits per heavy atom. The van der Waals surface area contributed by atoms with E-state index in [1.165, 1.54) is 0 Å². The molecule has 5 rings (SSSR count). The molecule has 0 saturated carbocycles. The number of aromatic nitrogens is 3. The molecule has 0 amide bonds. The van der Waals surface area contributed by atoms with Crippen molar-refractivity contribution >= 4 is 16.9 Å². The molecule has 0 saturated heterocycles. The SMILES string of the molecule is Cc1noc(C)c1-c1ccc2c(-c3ccc(C(=O)O)cc3)cn(Cc3ccccn3)c2c1. The maximum atomic E-state index is 11.2. The number of pyridine rings is 1. The molecule has 6 nitrogen and oxygen atoms in total. The third kappa shape index (κ3) is 3.46. The summed E-state index contributed by atoms with van der Waals surface area (Å²) >= 11 is 0. The van der Waals surface area contributed by atoms with Crippen molar-refractivity contribution in [2.45, 2.75) is 20.4 Å². The highest BCUT2D eigenvalue weighted by Gasteiger charge is 2.16. The number of hydrogen-bond donors (Lipinski definition) is 1. The van der Waals surface area contributed by atoms with Crippen LogP contribution in [0.15, 0.2) is 77.6 Å². The average molecular weight is 423 g/mol. The molecule has 0 bridgehead atoms. The molecule has 3 heterocycles. The lowest BCUT2D eigenvalue weighted by Crippen LogP contribution is -1.99. The van der Waals surface area contributed by atoms with Crippen LogP contribution < -0.4 is 0 Å². The van der Waals surface area contributed by atoms with Crippen LogP contribution in [0.2, 0.25) is 0 Å². The monoisotopic (exact) mass is 423 g/mol. The zero-order valence-electron chi connectivity index (χ0n) is 17.7. The summed E-state index contributed by atoms with van der Waals surface area (Å²) in [6.45, 7) is 4.48. The van der Waals surface area contributed by atoms with Gasteiger partial charge in [0, 0.05) is 34.4 Å². The average Bonchev–Trinajstić information content (AvgIpc) is 3.33. The maximum absolute atomic E-state index is 11.2. The van der Waals surface area contributed by atoms with Gasteiger partial charge in [-0.3, -0.25) is 4.98 Å². The Balaban J connectivity index is 1.68. The van der Waals surface area contributed by atoms with Crippen molar-refractivity contribution in [3.8, 4) is 22.3 Å². The molecule has 158 valence electrons. The van der Waals surface area contributed by atoms with Gasteiger partial charge in [0.1, 0.15) is 5.76 Å². The van der Waals surface area contributed by atoms with Gasteiger partial charge in [0.05, 0.1) is 23.5 Å². The van der Waals surface area contributed by atoms with Crippen molar-refractivity contribution in [3.05, 3.63) is 95.8 Å². The lowest BCUT2D eigenvalue weighted by molar-refractivity contribution is 0.0697. The predicted octanol–water partition coefficient (Wildman–Crippen LogP) is 5.72. The number of nitrogens with zero attached hydrogens (tertiary/aromatic N) is 3. The molecule has 0 unspecified atom stereocenters. The minimum Gasteiger partial charge on any atom is -0.478 e. The number of hydrogen-bond acceptors (Lipinski definition) is 4. The van der Waals surface area contributed by atoms with E-state index in [1.54, 1.807) is 18.3 Å². The van der Waals surface area contributed by atoms with Crippen LogP contribution in [-0.4, -0.2) is 25.8 Å². The van der Waals surface area contributed by atoms with Crippen LogP contribution in [0.1, 0.15) is 27.5 Å². The van der Waals surface area contributed by atoms with E-state index in [4.69, 9.17) is 4.52 Å². The minimum atomic E-state index is -0.932. The van der Waals surface area contributed by atoms with E-state index in [0.29, 0.717) is 6.54 Å². The van der Waals surface area contributed by atoms with E-state index in [2.05, 4.69) is 39.1 Å². The van der Waals surface area contributed by atoms with Gasteiger partial charge in [-0.2, -0.15) is 0 Å². The second-order valence-corrected chi connectivity index (χ2v) is 7.81. The maximum Gasteiger partial charge on any atom is 0.335 e. The summed E-state index contributed by atoms with van der Waals surface area (Å²) in [6, 6.07) is 19.2. The van der Waals surface area contributed by atoms with Gasteiger partial charge in [0.25, 0.3) is 0 Å². The molecule has 32 heavy (non-hydrogen) atoms. The lowest BCUT2D eigenvalue weighted by atomic mass is 9.99. The first-order chi connectivity index (χ1) is 15.5. The number of fused-ring (bicyclic) bond motifs is 1. The number of rotatable bonds is 5. The van der Waals surface area contributed by atoms with Crippen molar-refractivity contribution in [2.24, 2.45) is 0 Å². The van der Waals surface area contributed by atoms with Gasteiger partial charge in [-0.25, -0.2) is 4.79 Å². The molecule has 0 aliphatic rings. The van der Waals surface area contributed by atoms with Crippen LogP contribution in [0.25, 0.3) is 33.2 Å². The fourth-order valence-electron chi connectivity index (χ4n) is 4.16. The Labute approximate surface area is 184 Å². The summed E-state index contributed by atoms with van der Waals surface area (Å²) in [5.41, 5.74) is 7.20. The highest BCUT2D eigenvalue weighted by atomic mass is 16.5. The van der Waals surface area contributed by atoms with Crippen LogP contribution in [-0.2, 0) is 6.54 Å². The summed E-state index contributed by atoms with van der Waals surface area (Å²) < 4.78 is 7.56. The largest absolute Gasteiger partial charge is 0.478 e. The molecule has 2 aromatic carbocycles. The normalized spacial score (nSPS) is 11.2. The van der Waals surface area contributed by atoms with E-state index >= 15 is 0 Å². The molecule has 3 aromatic heterocycles. The van der Waals surface area contributed by atoms with Gasteiger partial charge in [-0.1, -0.05) is 35.5 Å². The molecule has 0 fully saturated rings. The molecule has 6 heteroatoms. The highest BCUT2D eigenvalue weighted by Crippen LogP contribution is 2.35. The Morgan fingerprint density at radius 2 is 1.81 bits per heavy atom. The Bertz CT molecular complexity index is 1410. The molecule has 0 spiro atoms. The van der Waals surface area contributed by atoms with Gasteiger partial charge in [0.2, 0.25) is 0 Å². The van der Waals surface area contributed by atoms with Gasteiger partial charge in [-0.05, 0) is 55.3 Å². The van der Waals surface area contributed by atoms with E-state index in [9.17, 15) is 9.90 Å². The lowest BCUT2D eigenvalue weighted by Gasteiger charge is -2.07. The summed E-state index contributed by atoms with van der Waals surface area (Å²) in [7, 11) is 0. The smallest absolute Gasteiger partial charge is 0.335 e. The zero-order valence-corrected chi connectivity index (χ0v) is 17.7. The summed E-state index contributed by atoms with van der Waals surface area (Å²) in [6.07, 6.45) is 3.90. The first-order valence-corrected chi connectivity index (χ1v) is 10.3. The molecular weight excluding hydrogens is 402 g/mol. The second-order valence-electron chi connectivity index (χ2n) is 7.81. The third-order valence-electron chi connectivity index (χ3n) is 5.71. The predicted molar refractivity (Wildman–Crippen MR) is 123 cm³/mol. The molecule has 0 aliphatic carbocycles. The van der Waals surface area contributed by atoms with E-state index in [-0.39, 0.29) is 5.56 Å². The molecular formula is C26H21N3O3. The van der Waals surface area contributed by atoms with Crippen molar-refractivity contribution in [2.75, 3.05) is 0 Å². The number of aromatic carboxylic acids is 1. The number of aryl methyl sites for hydroxylation is 2. The highest BCUT2D eigenvalue weighted by molar-refractivity contribution is 5.99. The van der Waals surface area contributed by atoms with Crippen LogP contribution in [0, 0.1) is 13.8 Å². The van der Waals surface area contributed by atoms with Crippen molar-refractivity contribution in [1.29, 1.82) is 0 Å². The number of benzene rings is 2. The first kappa shape index (κ1) is 19.8. The van der Waals surface area contributed by atoms with Crippen molar-refractivity contribution in [3.63, 3.8) is 0 Å². The first-order valence-electron chi connectivity index (χ1n) is 10.3. The Kier molecular flexibility index (Phi) is 4.82. The third-order valence-corrected chi connectivity index (χ3v) is 5.71. The summed E-state index contributed by atoms with van der Waals surface area (Å²) in [5, 5.41) is 14.4. The fraction of sp³-hybridized carbons (Fsp3) is 0.115. The minimum absolute atomic E-state index is 0.270. The van der Waals surface area contributed by atoms with Crippen LogP contribution >= 0.6 is 0 Å². The quantitative estimate of drug-likeness (QED) is 0.391. The second kappa shape index (κ2) is 7.81. The number of carboxylic acid groups (broad SMARTS) is 1. The number of carboxylic acids is 1. The van der Waals surface area contributed by atoms with Gasteiger partial charge >= 0.3 is 5.97 Å². The summed E-state index contributed by atoms with van der Waals surface area (Å²) in [4.78, 5) is 15.7.